The van der Waals surface area contributed by atoms with E-state index in [1.807, 2.05) is 24.3 Å². The van der Waals surface area contributed by atoms with E-state index in [0.717, 1.165) is 31.7 Å². The van der Waals surface area contributed by atoms with Gasteiger partial charge in [0.25, 0.3) is 0 Å². The molecule has 1 N–H and O–H groups in total. The van der Waals surface area contributed by atoms with Crippen LogP contribution in [-0.4, -0.2) is 25.7 Å². The highest BCUT2D eigenvalue weighted by atomic mass is 15.2. The van der Waals surface area contributed by atoms with E-state index in [2.05, 4.69) is 22.4 Å². The second kappa shape index (κ2) is 6.05. The molecule has 0 aliphatic carbocycles. The fourth-order valence-corrected chi connectivity index (χ4v) is 2.31. The molecular formula is C14H16N4. The maximum Gasteiger partial charge on any atom is 0.101 e. The lowest BCUT2D eigenvalue weighted by Gasteiger charge is -2.26. The molecule has 4 heteroatoms. The molecule has 0 aromatic heterocycles. The Balaban J connectivity index is 2.21. The zero-order valence-corrected chi connectivity index (χ0v) is 10.3. The number of nitrogens with zero attached hydrogens (tertiary/aromatic N) is 3. The molecule has 1 aliphatic rings. The Morgan fingerprint density at radius 2 is 2.17 bits per heavy atom. The Bertz CT molecular complexity index is 483. The first-order chi connectivity index (χ1) is 8.85. The van der Waals surface area contributed by atoms with Crippen molar-refractivity contribution < 1.29 is 0 Å². The van der Waals surface area contributed by atoms with Crippen LogP contribution in [0.5, 0.6) is 0 Å². The second-order valence-corrected chi connectivity index (χ2v) is 4.44. The van der Waals surface area contributed by atoms with E-state index in [9.17, 15) is 0 Å². The van der Waals surface area contributed by atoms with Crippen LogP contribution < -0.4 is 10.2 Å². The van der Waals surface area contributed by atoms with Crippen LogP contribution in [0.15, 0.2) is 24.3 Å². The second-order valence-electron chi connectivity index (χ2n) is 4.44. The largest absolute Gasteiger partial charge is 0.369 e. The van der Waals surface area contributed by atoms with Gasteiger partial charge in [-0.2, -0.15) is 10.5 Å². The monoisotopic (exact) mass is 240 g/mol. The average Bonchev–Trinajstić information content (AvgIpc) is 2.65. The van der Waals surface area contributed by atoms with Crippen LogP contribution in [0.4, 0.5) is 5.69 Å². The van der Waals surface area contributed by atoms with Crippen LogP contribution in [0.2, 0.25) is 0 Å². The summed E-state index contributed by atoms with van der Waals surface area (Å²) in [6.07, 6.45) is 1.53. The van der Waals surface area contributed by atoms with Crippen molar-refractivity contribution in [3.63, 3.8) is 0 Å². The van der Waals surface area contributed by atoms with E-state index < -0.39 is 0 Å². The van der Waals surface area contributed by atoms with Crippen molar-refractivity contribution in [3.05, 3.63) is 29.8 Å². The average molecular weight is 240 g/mol. The summed E-state index contributed by atoms with van der Waals surface area (Å²) >= 11 is 0. The number of nitriles is 2. The van der Waals surface area contributed by atoms with Gasteiger partial charge in [-0.15, -0.1) is 0 Å². The number of benzene rings is 1. The number of hydrogen-bond acceptors (Lipinski definition) is 4. The lowest BCUT2D eigenvalue weighted by molar-refractivity contribution is 0.552. The fraction of sp³-hybridized carbons (Fsp3) is 0.429. The predicted molar refractivity (Wildman–Crippen MR) is 70.0 cm³/mol. The van der Waals surface area contributed by atoms with Gasteiger partial charge in [-0.05, 0) is 25.1 Å². The van der Waals surface area contributed by atoms with Crippen LogP contribution in [-0.2, 0) is 0 Å². The predicted octanol–water partition coefficient (Wildman–Crippen LogP) is 1.64. The zero-order chi connectivity index (χ0) is 12.8. The molecule has 1 aromatic rings. The lowest BCUT2D eigenvalue weighted by atomic mass is 10.1. The van der Waals surface area contributed by atoms with E-state index in [0.29, 0.717) is 12.0 Å². The van der Waals surface area contributed by atoms with Crippen molar-refractivity contribution in [2.45, 2.75) is 18.9 Å². The maximum atomic E-state index is 9.14. The smallest absolute Gasteiger partial charge is 0.101 e. The van der Waals surface area contributed by atoms with Crippen LogP contribution >= 0.6 is 0 Å². The Labute approximate surface area is 107 Å². The third-order valence-corrected chi connectivity index (χ3v) is 3.18. The molecule has 1 aliphatic heterocycles. The van der Waals surface area contributed by atoms with E-state index in [4.69, 9.17) is 10.5 Å². The summed E-state index contributed by atoms with van der Waals surface area (Å²) in [5, 5.41) is 21.3. The standard InChI is InChI=1S/C14H16N4/c15-7-6-13-11-18(9-3-8-17-13)14-5-2-1-4-12(14)10-16/h1-2,4-5,13,17H,3,6,8-9,11H2. The Morgan fingerprint density at radius 3 is 2.94 bits per heavy atom. The van der Waals surface area contributed by atoms with Gasteiger partial charge in [0.15, 0.2) is 0 Å². The summed E-state index contributed by atoms with van der Waals surface area (Å²) in [6.45, 7) is 2.64. The molecule has 1 heterocycles. The topological polar surface area (TPSA) is 62.9 Å². The van der Waals surface area contributed by atoms with Gasteiger partial charge in [0.2, 0.25) is 0 Å². The zero-order valence-electron chi connectivity index (χ0n) is 10.3. The van der Waals surface area contributed by atoms with Crippen molar-refractivity contribution >= 4 is 5.69 Å². The van der Waals surface area contributed by atoms with Gasteiger partial charge in [0.1, 0.15) is 6.07 Å². The van der Waals surface area contributed by atoms with E-state index in [1.165, 1.54) is 0 Å². The summed E-state index contributed by atoms with van der Waals surface area (Å²) in [6, 6.07) is 12.3. The van der Waals surface area contributed by atoms with Crippen LogP contribution in [0, 0.1) is 22.7 Å². The molecule has 0 bridgehead atoms. The molecule has 1 atom stereocenters. The Kier molecular flexibility index (Phi) is 4.17. The molecule has 2 rings (SSSR count). The third-order valence-electron chi connectivity index (χ3n) is 3.18. The summed E-state index contributed by atoms with van der Waals surface area (Å²) in [5.74, 6) is 0. The number of rotatable bonds is 2. The van der Waals surface area contributed by atoms with E-state index >= 15 is 0 Å². The minimum absolute atomic E-state index is 0.184. The number of para-hydroxylation sites is 1. The van der Waals surface area contributed by atoms with Crippen molar-refractivity contribution in [1.82, 2.24) is 5.32 Å². The third kappa shape index (κ3) is 2.80. The fourth-order valence-electron chi connectivity index (χ4n) is 2.31. The van der Waals surface area contributed by atoms with Gasteiger partial charge in [-0.1, -0.05) is 12.1 Å². The SMILES string of the molecule is N#CCC1CN(c2ccccc2C#N)CCCN1. The first-order valence-electron chi connectivity index (χ1n) is 6.19. The van der Waals surface area contributed by atoms with Gasteiger partial charge in [0, 0.05) is 19.1 Å². The van der Waals surface area contributed by atoms with Crippen LogP contribution in [0.1, 0.15) is 18.4 Å². The van der Waals surface area contributed by atoms with Gasteiger partial charge in [-0.3, -0.25) is 0 Å². The Morgan fingerprint density at radius 1 is 1.33 bits per heavy atom. The van der Waals surface area contributed by atoms with Crippen molar-refractivity contribution in [1.29, 1.82) is 10.5 Å². The summed E-state index contributed by atoms with van der Waals surface area (Å²) < 4.78 is 0. The minimum atomic E-state index is 0.184. The molecule has 0 radical (unpaired) electrons. The number of anilines is 1. The molecule has 1 fully saturated rings. The lowest BCUT2D eigenvalue weighted by Crippen LogP contribution is -2.37. The molecule has 0 amide bonds. The Hall–Kier alpha value is -2.04. The minimum Gasteiger partial charge on any atom is -0.369 e. The van der Waals surface area contributed by atoms with Crippen LogP contribution in [0.25, 0.3) is 0 Å². The van der Waals surface area contributed by atoms with E-state index in [-0.39, 0.29) is 6.04 Å². The van der Waals surface area contributed by atoms with Gasteiger partial charge >= 0.3 is 0 Å². The molecular weight excluding hydrogens is 224 g/mol. The molecule has 4 nitrogen and oxygen atoms in total. The van der Waals surface area contributed by atoms with Gasteiger partial charge in [0.05, 0.1) is 23.7 Å². The normalized spacial score (nSPS) is 19.7. The van der Waals surface area contributed by atoms with Gasteiger partial charge < -0.3 is 10.2 Å². The van der Waals surface area contributed by atoms with Crippen molar-refractivity contribution in [2.75, 3.05) is 24.5 Å². The highest BCUT2D eigenvalue weighted by Crippen LogP contribution is 2.21. The molecule has 1 aromatic carbocycles. The maximum absolute atomic E-state index is 9.14. The molecule has 1 saturated heterocycles. The summed E-state index contributed by atoms with van der Waals surface area (Å²) in [4.78, 5) is 2.21. The molecule has 18 heavy (non-hydrogen) atoms. The number of hydrogen-bond donors (Lipinski definition) is 1. The summed E-state index contributed by atoms with van der Waals surface area (Å²) in [5.41, 5.74) is 1.68. The summed E-state index contributed by atoms with van der Waals surface area (Å²) in [7, 11) is 0. The highest BCUT2D eigenvalue weighted by Gasteiger charge is 2.19. The quantitative estimate of drug-likeness (QED) is 0.853. The molecule has 92 valence electrons. The number of nitrogens with one attached hydrogen (secondary N) is 1. The van der Waals surface area contributed by atoms with Gasteiger partial charge in [-0.25, -0.2) is 0 Å². The molecule has 1 unspecified atom stereocenters. The van der Waals surface area contributed by atoms with Crippen molar-refractivity contribution in [2.24, 2.45) is 0 Å². The van der Waals surface area contributed by atoms with Crippen LogP contribution in [0.3, 0.4) is 0 Å². The highest BCUT2D eigenvalue weighted by molar-refractivity contribution is 5.59. The first kappa shape index (κ1) is 12.4. The molecule has 0 saturated carbocycles. The van der Waals surface area contributed by atoms with E-state index in [1.54, 1.807) is 0 Å². The molecule has 0 spiro atoms. The first-order valence-corrected chi connectivity index (χ1v) is 6.19. The van der Waals surface area contributed by atoms with Crippen molar-refractivity contribution in [3.8, 4) is 12.1 Å².